The van der Waals surface area contributed by atoms with E-state index in [1.807, 2.05) is 29.2 Å². The van der Waals surface area contributed by atoms with Crippen molar-refractivity contribution in [3.05, 3.63) is 51.7 Å². The smallest absolute Gasteiger partial charge is 0.249 e. The topological polar surface area (TPSA) is 59.1 Å². The van der Waals surface area contributed by atoms with E-state index in [0.29, 0.717) is 13.1 Å². The van der Waals surface area contributed by atoms with Crippen LogP contribution < -0.4 is 4.74 Å². The molecular weight excluding hydrogens is 400 g/mol. The molecular formula is C23H30N2O4S. The number of hydrogen-bond acceptors (Lipinski definition) is 5. The van der Waals surface area contributed by atoms with Crippen LogP contribution in [0.3, 0.4) is 0 Å². The van der Waals surface area contributed by atoms with Crippen molar-refractivity contribution < 1.29 is 19.1 Å². The molecule has 6 nitrogen and oxygen atoms in total. The monoisotopic (exact) mass is 430 g/mol. The van der Waals surface area contributed by atoms with Crippen molar-refractivity contribution in [2.24, 2.45) is 0 Å². The summed E-state index contributed by atoms with van der Waals surface area (Å²) in [6.07, 6.45) is 2.66. The zero-order valence-corrected chi connectivity index (χ0v) is 18.7. The lowest BCUT2D eigenvalue weighted by atomic mass is 9.93. The van der Waals surface area contributed by atoms with Crippen molar-refractivity contribution >= 4 is 23.2 Å². The number of unbranched alkanes of at least 4 members (excludes halogenated alkanes) is 1. The normalized spacial score (nSPS) is 15.6. The molecule has 0 fully saturated rings. The SMILES string of the molecule is CCCCN(CC(=O)N1CCc2sccc2C1c1ccc(OC)cc1)C(=O)COC. The summed E-state index contributed by atoms with van der Waals surface area (Å²) in [4.78, 5) is 30.7. The van der Waals surface area contributed by atoms with E-state index >= 15 is 0 Å². The molecule has 0 saturated carbocycles. The van der Waals surface area contributed by atoms with Gasteiger partial charge in [-0.15, -0.1) is 11.3 Å². The first kappa shape index (κ1) is 22.3. The highest BCUT2D eigenvalue weighted by Gasteiger charge is 2.33. The second kappa shape index (κ2) is 10.6. The van der Waals surface area contributed by atoms with Crippen molar-refractivity contribution in [2.45, 2.75) is 32.2 Å². The fourth-order valence-corrected chi connectivity index (χ4v) is 4.74. The maximum absolute atomic E-state index is 13.4. The maximum Gasteiger partial charge on any atom is 0.249 e. The molecule has 1 aliphatic heterocycles. The Bertz CT molecular complexity index is 849. The van der Waals surface area contributed by atoms with E-state index in [4.69, 9.17) is 9.47 Å². The quantitative estimate of drug-likeness (QED) is 0.611. The van der Waals surface area contributed by atoms with Gasteiger partial charge in [0.15, 0.2) is 0 Å². The minimum Gasteiger partial charge on any atom is -0.497 e. The number of carbonyl (C=O) groups is 2. The number of thiophene rings is 1. The zero-order valence-electron chi connectivity index (χ0n) is 17.9. The number of rotatable bonds is 9. The van der Waals surface area contributed by atoms with E-state index in [1.54, 1.807) is 23.3 Å². The Morgan fingerprint density at radius 2 is 1.97 bits per heavy atom. The van der Waals surface area contributed by atoms with Gasteiger partial charge in [0.05, 0.1) is 19.7 Å². The van der Waals surface area contributed by atoms with Gasteiger partial charge in [0.1, 0.15) is 12.4 Å². The Balaban J connectivity index is 1.85. The summed E-state index contributed by atoms with van der Waals surface area (Å²) in [5.74, 6) is 0.607. The molecule has 0 bridgehead atoms. The molecule has 1 aromatic carbocycles. The number of carbonyl (C=O) groups excluding carboxylic acids is 2. The van der Waals surface area contributed by atoms with Crippen LogP contribution in [0.5, 0.6) is 5.75 Å². The van der Waals surface area contributed by atoms with Crippen LogP contribution in [-0.2, 0) is 20.7 Å². The summed E-state index contributed by atoms with van der Waals surface area (Å²) in [6, 6.07) is 9.84. The van der Waals surface area contributed by atoms with Crippen LogP contribution >= 0.6 is 11.3 Å². The van der Waals surface area contributed by atoms with Crippen molar-refractivity contribution in [1.29, 1.82) is 0 Å². The number of hydrogen-bond donors (Lipinski definition) is 0. The molecule has 1 unspecified atom stereocenters. The molecule has 0 saturated heterocycles. The summed E-state index contributed by atoms with van der Waals surface area (Å²) in [6.45, 7) is 3.35. The molecule has 1 aliphatic rings. The molecule has 2 heterocycles. The first-order valence-corrected chi connectivity index (χ1v) is 11.2. The molecule has 1 aromatic heterocycles. The van der Waals surface area contributed by atoms with Crippen molar-refractivity contribution in [1.82, 2.24) is 9.80 Å². The average Bonchev–Trinajstić information content (AvgIpc) is 3.25. The lowest BCUT2D eigenvalue weighted by Crippen LogP contribution is -2.47. The number of methoxy groups -OCH3 is 2. The van der Waals surface area contributed by atoms with Crippen LogP contribution in [0.2, 0.25) is 0 Å². The predicted molar refractivity (Wildman–Crippen MR) is 118 cm³/mol. The fraction of sp³-hybridized carbons (Fsp3) is 0.478. The summed E-state index contributed by atoms with van der Waals surface area (Å²) >= 11 is 1.74. The van der Waals surface area contributed by atoms with Crippen LogP contribution in [0, 0.1) is 0 Å². The molecule has 0 N–H and O–H groups in total. The van der Waals surface area contributed by atoms with Gasteiger partial charge in [-0.2, -0.15) is 0 Å². The van der Waals surface area contributed by atoms with Crippen LogP contribution in [0.25, 0.3) is 0 Å². The van der Waals surface area contributed by atoms with Crippen LogP contribution in [0.15, 0.2) is 35.7 Å². The predicted octanol–water partition coefficient (Wildman–Crippen LogP) is 3.51. The number of ether oxygens (including phenoxy) is 2. The summed E-state index contributed by atoms with van der Waals surface area (Å²) in [7, 11) is 3.14. The molecule has 1 atom stereocenters. The average molecular weight is 431 g/mol. The molecule has 2 aromatic rings. The van der Waals surface area contributed by atoms with Crippen LogP contribution in [0.1, 0.15) is 41.8 Å². The van der Waals surface area contributed by atoms with E-state index in [1.165, 1.54) is 17.6 Å². The maximum atomic E-state index is 13.4. The first-order valence-electron chi connectivity index (χ1n) is 10.3. The molecule has 2 amide bonds. The largest absolute Gasteiger partial charge is 0.497 e. The Morgan fingerprint density at radius 3 is 2.63 bits per heavy atom. The second-order valence-electron chi connectivity index (χ2n) is 7.41. The van der Waals surface area contributed by atoms with Gasteiger partial charge in [0.25, 0.3) is 0 Å². The molecule has 3 rings (SSSR count). The van der Waals surface area contributed by atoms with E-state index in [2.05, 4.69) is 18.4 Å². The van der Waals surface area contributed by atoms with Gasteiger partial charge < -0.3 is 19.3 Å². The van der Waals surface area contributed by atoms with E-state index in [-0.39, 0.29) is 31.0 Å². The Kier molecular flexibility index (Phi) is 7.87. The van der Waals surface area contributed by atoms with Gasteiger partial charge in [0.2, 0.25) is 11.8 Å². The lowest BCUT2D eigenvalue weighted by Gasteiger charge is -2.37. The number of benzene rings is 1. The summed E-state index contributed by atoms with van der Waals surface area (Å²) in [5, 5.41) is 2.09. The molecule has 162 valence electrons. The van der Waals surface area contributed by atoms with E-state index < -0.39 is 0 Å². The van der Waals surface area contributed by atoms with Crippen molar-refractivity contribution in [2.75, 3.05) is 40.5 Å². The second-order valence-corrected chi connectivity index (χ2v) is 8.41. The lowest BCUT2D eigenvalue weighted by molar-refractivity contribution is -0.143. The minimum atomic E-state index is -0.149. The van der Waals surface area contributed by atoms with E-state index in [0.717, 1.165) is 30.6 Å². The standard InChI is InChI=1S/C23H30N2O4S/c1-4-5-12-24(22(27)16-28-2)15-21(26)25-13-10-20-19(11-14-30-20)23(25)17-6-8-18(29-3)9-7-17/h6-9,11,14,23H,4-5,10,12-13,15-16H2,1-3H3. The van der Waals surface area contributed by atoms with Gasteiger partial charge >= 0.3 is 0 Å². The Hall–Kier alpha value is -2.38. The highest BCUT2D eigenvalue weighted by atomic mass is 32.1. The Morgan fingerprint density at radius 1 is 1.20 bits per heavy atom. The first-order chi connectivity index (χ1) is 14.6. The van der Waals surface area contributed by atoms with Crippen LogP contribution in [-0.4, -0.2) is 62.1 Å². The highest BCUT2D eigenvalue weighted by molar-refractivity contribution is 7.10. The fourth-order valence-electron chi connectivity index (χ4n) is 3.84. The third-order valence-electron chi connectivity index (χ3n) is 5.45. The molecule has 7 heteroatoms. The van der Waals surface area contributed by atoms with Gasteiger partial charge in [-0.3, -0.25) is 9.59 Å². The number of amides is 2. The zero-order chi connectivity index (χ0) is 21.5. The summed E-state index contributed by atoms with van der Waals surface area (Å²) in [5.41, 5.74) is 2.22. The van der Waals surface area contributed by atoms with Gasteiger partial charge in [-0.1, -0.05) is 25.5 Å². The minimum absolute atomic E-state index is 0.00637. The molecule has 30 heavy (non-hydrogen) atoms. The number of nitrogens with zero attached hydrogens (tertiary/aromatic N) is 2. The number of fused-ring (bicyclic) bond motifs is 1. The van der Waals surface area contributed by atoms with Crippen molar-refractivity contribution in [3.63, 3.8) is 0 Å². The van der Waals surface area contributed by atoms with Gasteiger partial charge in [-0.25, -0.2) is 0 Å². The highest BCUT2D eigenvalue weighted by Crippen LogP contribution is 2.38. The van der Waals surface area contributed by atoms with E-state index in [9.17, 15) is 9.59 Å². The summed E-state index contributed by atoms with van der Waals surface area (Å²) < 4.78 is 10.3. The molecule has 0 spiro atoms. The van der Waals surface area contributed by atoms with Gasteiger partial charge in [0, 0.05) is 25.1 Å². The Labute approximate surface area is 182 Å². The van der Waals surface area contributed by atoms with Gasteiger partial charge in [-0.05, 0) is 47.5 Å². The molecule has 0 radical (unpaired) electrons. The third kappa shape index (κ3) is 5.02. The van der Waals surface area contributed by atoms with Crippen molar-refractivity contribution in [3.8, 4) is 5.75 Å². The van der Waals surface area contributed by atoms with Crippen LogP contribution in [0.4, 0.5) is 0 Å². The molecule has 0 aliphatic carbocycles. The third-order valence-corrected chi connectivity index (χ3v) is 6.44.